The lowest BCUT2D eigenvalue weighted by atomic mass is 10.1. The summed E-state index contributed by atoms with van der Waals surface area (Å²) in [5.41, 5.74) is 4.19. The maximum Gasteiger partial charge on any atom is 0.257 e. The van der Waals surface area contributed by atoms with Crippen LogP contribution in [0.5, 0.6) is 0 Å². The first-order valence-corrected chi connectivity index (χ1v) is 7.84. The third-order valence-corrected chi connectivity index (χ3v) is 4.00. The number of hydrogen-bond acceptors (Lipinski definition) is 3. The molecular formula is C19H20N4O. The first-order valence-electron chi connectivity index (χ1n) is 7.84. The van der Waals surface area contributed by atoms with Gasteiger partial charge in [0.05, 0.1) is 22.6 Å². The molecule has 2 aromatic heterocycles. The summed E-state index contributed by atoms with van der Waals surface area (Å²) in [6.07, 6.45) is 3.50. The second-order valence-corrected chi connectivity index (χ2v) is 5.82. The summed E-state index contributed by atoms with van der Waals surface area (Å²) in [5, 5.41) is 4.55. The van der Waals surface area contributed by atoms with Crippen molar-refractivity contribution in [2.75, 3.05) is 7.05 Å². The van der Waals surface area contributed by atoms with Crippen LogP contribution in [0.4, 0.5) is 0 Å². The minimum atomic E-state index is -0.0314. The Morgan fingerprint density at radius 1 is 1.12 bits per heavy atom. The van der Waals surface area contributed by atoms with Gasteiger partial charge < -0.3 is 4.90 Å². The molecular weight excluding hydrogens is 300 g/mol. The number of aryl methyl sites for hydroxylation is 1. The van der Waals surface area contributed by atoms with Gasteiger partial charge in [-0.05, 0) is 37.6 Å². The second kappa shape index (κ2) is 6.66. The minimum absolute atomic E-state index is 0.0314. The number of hydrogen-bond donors (Lipinski definition) is 0. The standard InChI is InChI=1S/C19H20N4O/c1-14-18(15(2)23(21-14)17-9-5-4-6-10-17)19(24)22(3)13-16-8-7-11-20-12-16/h4-12H,13H2,1-3H3. The van der Waals surface area contributed by atoms with Crippen LogP contribution in [-0.4, -0.2) is 32.6 Å². The Hall–Kier alpha value is -2.95. The van der Waals surface area contributed by atoms with Gasteiger partial charge in [-0.3, -0.25) is 9.78 Å². The monoisotopic (exact) mass is 320 g/mol. The van der Waals surface area contributed by atoms with Crippen LogP contribution in [0.1, 0.15) is 27.3 Å². The molecule has 0 spiro atoms. The number of carbonyl (C=O) groups excluding carboxylic acids is 1. The van der Waals surface area contributed by atoms with E-state index in [1.165, 1.54) is 0 Å². The Morgan fingerprint density at radius 3 is 2.54 bits per heavy atom. The number of carbonyl (C=O) groups is 1. The van der Waals surface area contributed by atoms with Crippen molar-refractivity contribution in [3.8, 4) is 5.69 Å². The zero-order chi connectivity index (χ0) is 17.1. The topological polar surface area (TPSA) is 51.0 Å². The van der Waals surface area contributed by atoms with Gasteiger partial charge in [-0.25, -0.2) is 4.68 Å². The Labute approximate surface area is 141 Å². The Bertz CT molecular complexity index is 841. The van der Waals surface area contributed by atoms with Crippen LogP contribution in [0.15, 0.2) is 54.9 Å². The SMILES string of the molecule is Cc1nn(-c2ccccc2)c(C)c1C(=O)N(C)Cc1cccnc1. The molecule has 1 aromatic carbocycles. The molecule has 3 rings (SSSR count). The highest BCUT2D eigenvalue weighted by Gasteiger charge is 2.22. The molecule has 0 radical (unpaired) electrons. The van der Waals surface area contributed by atoms with Crippen molar-refractivity contribution in [2.45, 2.75) is 20.4 Å². The molecule has 0 aliphatic carbocycles. The van der Waals surface area contributed by atoms with Crippen molar-refractivity contribution in [1.29, 1.82) is 0 Å². The summed E-state index contributed by atoms with van der Waals surface area (Å²) >= 11 is 0. The molecule has 0 aliphatic rings. The van der Waals surface area contributed by atoms with Crippen LogP contribution in [0.25, 0.3) is 5.69 Å². The highest BCUT2D eigenvalue weighted by molar-refractivity contribution is 5.96. The van der Waals surface area contributed by atoms with E-state index in [-0.39, 0.29) is 5.91 Å². The minimum Gasteiger partial charge on any atom is -0.337 e. The summed E-state index contributed by atoms with van der Waals surface area (Å²) in [5.74, 6) is -0.0314. The van der Waals surface area contributed by atoms with E-state index >= 15 is 0 Å². The number of rotatable bonds is 4. The molecule has 0 N–H and O–H groups in total. The maximum absolute atomic E-state index is 12.9. The summed E-state index contributed by atoms with van der Waals surface area (Å²) < 4.78 is 1.82. The fourth-order valence-electron chi connectivity index (χ4n) is 2.80. The smallest absolute Gasteiger partial charge is 0.257 e. The van der Waals surface area contributed by atoms with E-state index < -0.39 is 0 Å². The number of aromatic nitrogens is 3. The summed E-state index contributed by atoms with van der Waals surface area (Å²) in [6.45, 7) is 4.32. The first-order chi connectivity index (χ1) is 11.6. The van der Waals surface area contributed by atoms with Crippen molar-refractivity contribution in [3.63, 3.8) is 0 Å². The lowest BCUT2D eigenvalue weighted by Crippen LogP contribution is -2.27. The van der Waals surface area contributed by atoms with Gasteiger partial charge in [-0.1, -0.05) is 24.3 Å². The molecule has 0 saturated heterocycles. The molecule has 3 aromatic rings. The van der Waals surface area contributed by atoms with E-state index in [4.69, 9.17) is 0 Å². The highest BCUT2D eigenvalue weighted by Crippen LogP contribution is 2.20. The Balaban J connectivity index is 1.89. The van der Waals surface area contributed by atoms with Crippen LogP contribution in [0, 0.1) is 13.8 Å². The molecule has 2 heterocycles. The van der Waals surface area contributed by atoms with Crippen LogP contribution in [0.3, 0.4) is 0 Å². The van der Waals surface area contributed by atoms with Gasteiger partial charge in [0.15, 0.2) is 0 Å². The largest absolute Gasteiger partial charge is 0.337 e. The molecule has 24 heavy (non-hydrogen) atoms. The van der Waals surface area contributed by atoms with E-state index in [1.54, 1.807) is 24.3 Å². The summed E-state index contributed by atoms with van der Waals surface area (Å²) in [6, 6.07) is 13.7. The lowest BCUT2D eigenvalue weighted by Gasteiger charge is -2.17. The van der Waals surface area contributed by atoms with E-state index in [1.807, 2.05) is 61.0 Å². The zero-order valence-corrected chi connectivity index (χ0v) is 14.1. The van der Waals surface area contributed by atoms with Crippen molar-refractivity contribution >= 4 is 5.91 Å². The molecule has 5 heteroatoms. The molecule has 0 saturated carbocycles. The van der Waals surface area contributed by atoms with Crippen molar-refractivity contribution in [2.24, 2.45) is 0 Å². The van der Waals surface area contributed by atoms with Crippen LogP contribution in [-0.2, 0) is 6.54 Å². The fraction of sp³-hybridized carbons (Fsp3) is 0.211. The molecule has 0 unspecified atom stereocenters. The third-order valence-electron chi connectivity index (χ3n) is 4.00. The zero-order valence-electron chi connectivity index (χ0n) is 14.1. The number of nitrogens with zero attached hydrogens (tertiary/aromatic N) is 4. The van der Waals surface area contributed by atoms with E-state index in [2.05, 4.69) is 10.1 Å². The quantitative estimate of drug-likeness (QED) is 0.742. The number of pyridine rings is 1. The van der Waals surface area contributed by atoms with E-state index in [9.17, 15) is 4.79 Å². The first kappa shape index (κ1) is 15.9. The molecule has 0 fully saturated rings. The van der Waals surface area contributed by atoms with Crippen LogP contribution < -0.4 is 0 Å². The maximum atomic E-state index is 12.9. The third kappa shape index (κ3) is 3.06. The molecule has 1 amide bonds. The average Bonchev–Trinajstić information content (AvgIpc) is 2.90. The van der Waals surface area contributed by atoms with Crippen molar-refractivity contribution < 1.29 is 4.79 Å². The van der Waals surface area contributed by atoms with Gasteiger partial charge in [-0.2, -0.15) is 5.10 Å². The van der Waals surface area contributed by atoms with Gasteiger partial charge in [0, 0.05) is 26.0 Å². The summed E-state index contributed by atoms with van der Waals surface area (Å²) in [7, 11) is 1.80. The van der Waals surface area contributed by atoms with E-state index in [0.29, 0.717) is 12.1 Å². The molecule has 0 bridgehead atoms. The lowest BCUT2D eigenvalue weighted by molar-refractivity contribution is 0.0783. The van der Waals surface area contributed by atoms with Crippen molar-refractivity contribution in [3.05, 3.63) is 77.4 Å². The van der Waals surface area contributed by atoms with E-state index in [0.717, 1.165) is 22.6 Å². The predicted octanol–water partition coefficient (Wildman–Crippen LogP) is 3.16. The highest BCUT2D eigenvalue weighted by atomic mass is 16.2. The van der Waals surface area contributed by atoms with Gasteiger partial charge in [-0.15, -0.1) is 0 Å². The number of amides is 1. The molecule has 5 nitrogen and oxygen atoms in total. The molecule has 0 atom stereocenters. The average molecular weight is 320 g/mol. The Morgan fingerprint density at radius 2 is 1.88 bits per heavy atom. The number of para-hydroxylation sites is 1. The fourth-order valence-corrected chi connectivity index (χ4v) is 2.80. The van der Waals surface area contributed by atoms with Crippen molar-refractivity contribution in [1.82, 2.24) is 19.7 Å². The predicted molar refractivity (Wildman–Crippen MR) is 93.1 cm³/mol. The number of benzene rings is 1. The van der Waals surface area contributed by atoms with Gasteiger partial charge in [0.1, 0.15) is 0 Å². The Kier molecular flexibility index (Phi) is 4.42. The van der Waals surface area contributed by atoms with Crippen LogP contribution in [0.2, 0.25) is 0 Å². The van der Waals surface area contributed by atoms with Gasteiger partial charge in [0.25, 0.3) is 5.91 Å². The molecule has 122 valence electrons. The van der Waals surface area contributed by atoms with Crippen LogP contribution >= 0.6 is 0 Å². The summed E-state index contributed by atoms with van der Waals surface area (Å²) in [4.78, 5) is 18.7. The van der Waals surface area contributed by atoms with Gasteiger partial charge >= 0.3 is 0 Å². The second-order valence-electron chi connectivity index (χ2n) is 5.82. The van der Waals surface area contributed by atoms with Gasteiger partial charge in [0.2, 0.25) is 0 Å². The normalized spacial score (nSPS) is 10.6. The molecule has 0 aliphatic heterocycles.